The number of anilines is 2. The average Bonchev–Trinajstić information content (AvgIpc) is 3.10. The summed E-state index contributed by atoms with van der Waals surface area (Å²) in [6.07, 6.45) is 0. The summed E-state index contributed by atoms with van der Waals surface area (Å²) in [6, 6.07) is 17.8. The Morgan fingerprint density at radius 2 is 1.72 bits per heavy atom. The zero-order valence-electron chi connectivity index (χ0n) is 17.3. The van der Waals surface area contributed by atoms with Gasteiger partial charge in [-0.05, 0) is 57.2 Å². The predicted octanol–water partition coefficient (Wildman–Crippen LogP) is 4.45. The van der Waals surface area contributed by atoms with Crippen LogP contribution in [-0.4, -0.2) is 39.0 Å². The average molecular weight is 410 g/mol. The van der Waals surface area contributed by atoms with Crippen LogP contribution in [0.4, 0.5) is 11.4 Å². The maximum absolute atomic E-state index is 12.5. The number of rotatable bonds is 8. The summed E-state index contributed by atoms with van der Waals surface area (Å²) < 4.78 is 1.93. The number of hydrogen-bond donors (Lipinski definition) is 1. The Labute approximate surface area is 176 Å². The molecule has 3 rings (SSSR count). The highest BCUT2D eigenvalue weighted by molar-refractivity contribution is 8.00. The predicted molar refractivity (Wildman–Crippen MR) is 120 cm³/mol. The number of benzene rings is 2. The fraction of sp³-hybridized carbons (Fsp3) is 0.318. The normalized spacial score (nSPS) is 11.9. The van der Waals surface area contributed by atoms with E-state index in [9.17, 15) is 4.79 Å². The number of carbonyl (C=O) groups excluding carboxylic acids is 1. The van der Waals surface area contributed by atoms with E-state index in [1.807, 2.05) is 48.9 Å². The lowest BCUT2D eigenvalue weighted by Gasteiger charge is -2.21. The van der Waals surface area contributed by atoms with Crippen LogP contribution in [0.5, 0.6) is 0 Å². The molecule has 0 fully saturated rings. The van der Waals surface area contributed by atoms with Crippen LogP contribution in [-0.2, 0) is 11.8 Å². The molecule has 3 aromatic rings. The number of thioether (sulfide) groups is 1. The minimum absolute atomic E-state index is 0.0608. The molecule has 1 N–H and O–H groups in total. The molecule has 0 aliphatic carbocycles. The quantitative estimate of drug-likeness (QED) is 0.557. The Morgan fingerprint density at radius 3 is 2.34 bits per heavy atom. The molecule has 1 heterocycles. The molecule has 0 aliphatic rings. The summed E-state index contributed by atoms with van der Waals surface area (Å²) in [7, 11) is 1.93. The maximum Gasteiger partial charge on any atom is 0.237 e. The Morgan fingerprint density at radius 1 is 1.07 bits per heavy atom. The Bertz CT molecular complexity index is 936. The third kappa shape index (κ3) is 4.98. The van der Waals surface area contributed by atoms with Crippen molar-refractivity contribution in [2.24, 2.45) is 7.05 Å². The van der Waals surface area contributed by atoms with Crippen molar-refractivity contribution in [1.29, 1.82) is 0 Å². The van der Waals surface area contributed by atoms with Gasteiger partial charge in [0.1, 0.15) is 0 Å². The second-order valence-electron chi connectivity index (χ2n) is 6.70. The lowest BCUT2D eigenvalue weighted by Crippen LogP contribution is -2.22. The summed E-state index contributed by atoms with van der Waals surface area (Å²) >= 11 is 1.40. The van der Waals surface area contributed by atoms with Gasteiger partial charge in [0.2, 0.25) is 5.91 Å². The van der Waals surface area contributed by atoms with Crippen LogP contribution in [0.3, 0.4) is 0 Å². The number of para-hydroxylation sites is 1. The van der Waals surface area contributed by atoms with Gasteiger partial charge in [-0.1, -0.05) is 30.0 Å². The van der Waals surface area contributed by atoms with Gasteiger partial charge in [-0.2, -0.15) is 0 Å². The van der Waals surface area contributed by atoms with Crippen molar-refractivity contribution in [2.75, 3.05) is 23.3 Å². The summed E-state index contributed by atoms with van der Waals surface area (Å²) in [5.74, 6) is 0.726. The van der Waals surface area contributed by atoms with E-state index in [4.69, 9.17) is 0 Å². The van der Waals surface area contributed by atoms with Crippen molar-refractivity contribution in [2.45, 2.75) is 31.2 Å². The number of carbonyl (C=O) groups is 1. The topological polar surface area (TPSA) is 63.1 Å². The molecular formula is C22H27N5OS. The van der Waals surface area contributed by atoms with Crippen LogP contribution < -0.4 is 10.2 Å². The van der Waals surface area contributed by atoms with E-state index in [2.05, 4.69) is 58.5 Å². The molecule has 29 heavy (non-hydrogen) atoms. The number of hydrogen-bond acceptors (Lipinski definition) is 5. The van der Waals surface area contributed by atoms with Crippen molar-refractivity contribution in [3.05, 3.63) is 54.6 Å². The second-order valence-corrected chi connectivity index (χ2v) is 8.01. The highest BCUT2D eigenvalue weighted by Crippen LogP contribution is 2.27. The van der Waals surface area contributed by atoms with Gasteiger partial charge in [0, 0.05) is 37.1 Å². The van der Waals surface area contributed by atoms with Crippen molar-refractivity contribution >= 4 is 29.0 Å². The summed E-state index contributed by atoms with van der Waals surface area (Å²) in [5.41, 5.74) is 2.99. The highest BCUT2D eigenvalue weighted by Gasteiger charge is 2.19. The first-order valence-corrected chi connectivity index (χ1v) is 10.7. The van der Waals surface area contributed by atoms with E-state index in [0.29, 0.717) is 5.16 Å². The van der Waals surface area contributed by atoms with Gasteiger partial charge in [0.05, 0.1) is 5.25 Å². The summed E-state index contributed by atoms with van der Waals surface area (Å²) in [6.45, 7) is 8.13. The van der Waals surface area contributed by atoms with Crippen molar-refractivity contribution < 1.29 is 4.79 Å². The molecule has 0 saturated heterocycles. The van der Waals surface area contributed by atoms with Crippen molar-refractivity contribution in [1.82, 2.24) is 14.8 Å². The van der Waals surface area contributed by atoms with E-state index in [-0.39, 0.29) is 11.2 Å². The molecule has 0 bridgehead atoms. The number of nitrogens with zero attached hydrogens (tertiary/aromatic N) is 4. The van der Waals surface area contributed by atoms with E-state index in [0.717, 1.165) is 30.2 Å². The Hall–Kier alpha value is -2.80. The molecule has 2 aromatic carbocycles. The van der Waals surface area contributed by atoms with Crippen molar-refractivity contribution in [3.63, 3.8) is 0 Å². The first-order chi connectivity index (χ1) is 14.0. The molecule has 7 heteroatoms. The van der Waals surface area contributed by atoms with Crippen LogP contribution in [0, 0.1) is 0 Å². The van der Waals surface area contributed by atoms with Crippen LogP contribution in [0.25, 0.3) is 11.4 Å². The minimum Gasteiger partial charge on any atom is -0.372 e. The largest absolute Gasteiger partial charge is 0.372 e. The third-order valence-electron chi connectivity index (χ3n) is 4.78. The van der Waals surface area contributed by atoms with E-state index in [1.165, 1.54) is 17.4 Å². The minimum atomic E-state index is -0.295. The van der Waals surface area contributed by atoms with E-state index < -0.39 is 0 Å². The third-order valence-corrected chi connectivity index (χ3v) is 5.92. The first kappa shape index (κ1) is 20.9. The maximum atomic E-state index is 12.5. The number of aromatic nitrogens is 3. The first-order valence-electron chi connectivity index (χ1n) is 9.80. The van der Waals surface area contributed by atoms with Gasteiger partial charge in [0.15, 0.2) is 11.0 Å². The van der Waals surface area contributed by atoms with Gasteiger partial charge in [-0.25, -0.2) is 0 Å². The highest BCUT2D eigenvalue weighted by atomic mass is 32.2. The molecule has 1 atom stereocenters. The van der Waals surface area contributed by atoms with Gasteiger partial charge >= 0.3 is 0 Å². The Kier molecular flexibility index (Phi) is 6.93. The Balaban J connectivity index is 1.69. The molecule has 0 aliphatic heterocycles. The van der Waals surface area contributed by atoms with Gasteiger partial charge in [-0.15, -0.1) is 10.2 Å². The van der Waals surface area contributed by atoms with Crippen LogP contribution in [0.2, 0.25) is 0 Å². The molecule has 1 amide bonds. The van der Waals surface area contributed by atoms with E-state index in [1.54, 1.807) is 0 Å². The summed E-state index contributed by atoms with van der Waals surface area (Å²) in [5, 5.41) is 12.0. The smallest absolute Gasteiger partial charge is 0.237 e. The standard InChI is InChI=1S/C22H27N5OS/c1-5-27(6-2)19-14-12-17(13-15-19)20-24-25-22(26(20)4)29-16(3)21(28)23-18-10-8-7-9-11-18/h7-16H,5-6H2,1-4H3,(H,23,28). The second kappa shape index (κ2) is 9.60. The van der Waals surface area contributed by atoms with Crippen LogP contribution in [0.1, 0.15) is 20.8 Å². The molecule has 0 radical (unpaired) electrons. The molecule has 0 spiro atoms. The van der Waals surface area contributed by atoms with Gasteiger partial charge < -0.3 is 14.8 Å². The monoisotopic (exact) mass is 409 g/mol. The lowest BCUT2D eigenvalue weighted by molar-refractivity contribution is -0.115. The van der Waals surface area contributed by atoms with Gasteiger partial charge in [0.25, 0.3) is 0 Å². The fourth-order valence-electron chi connectivity index (χ4n) is 3.06. The zero-order valence-corrected chi connectivity index (χ0v) is 18.1. The van der Waals surface area contributed by atoms with Crippen molar-refractivity contribution in [3.8, 4) is 11.4 Å². The molecule has 6 nitrogen and oxygen atoms in total. The number of nitrogens with one attached hydrogen (secondary N) is 1. The molecule has 1 aromatic heterocycles. The number of amides is 1. The van der Waals surface area contributed by atoms with Crippen LogP contribution in [0.15, 0.2) is 59.8 Å². The van der Waals surface area contributed by atoms with Gasteiger partial charge in [-0.3, -0.25) is 4.79 Å². The lowest BCUT2D eigenvalue weighted by atomic mass is 10.2. The van der Waals surface area contributed by atoms with Crippen LogP contribution >= 0.6 is 11.8 Å². The molecule has 1 unspecified atom stereocenters. The molecular weight excluding hydrogens is 382 g/mol. The molecule has 0 saturated carbocycles. The summed E-state index contributed by atoms with van der Waals surface area (Å²) in [4.78, 5) is 14.8. The molecule has 152 valence electrons. The zero-order chi connectivity index (χ0) is 20.8. The SMILES string of the molecule is CCN(CC)c1ccc(-c2nnc(SC(C)C(=O)Nc3ccccc3)n2C)cc1. The fourth-order valence-corrected chi connectivity index (χ4v) is 3.87. The van der Waals surface area contributed by atoms with E-state index >= 15 is 0 Å².